The van der Waals surface area contributed by atoms with Crippen LogP contribution in [0.3, 0.4) is 0 Å². The third-order valence-corrected chi connectivity index (χ3v) is 5.55. The van der Waals surface area contributed by atoms with E-state index in [1.54, 1.807) is 11.3 Å². The molecule has 0 unspecified atom stereocenters. The Balaban J connectivity index is 2.54. The van der Waals surface area contributed by atoms with Gasteiger partial charge in [-0.3, -0.25) is 0 Å². The van der Waals surface area contributed by atoms with E-state index in [9.17, 15) is 0 Å². The van der Waals surface area contributed by atoms with Crippen LogP contribution in [0.2, 0.25) is 0 Å². The van der Waals surface area contributed by atoms with Gasteiger partial charge in [-0.05, 0) is 53.9 Å². The summed E-state index contributed by atoms with van der Waals surface area (Å²) in [7, 11) is 0. The van der Waals surface area contributed by atoms with Gasteiger partial charge in [-0.15, -0.1) is 11.3 Å². The quantitative estimate of drug-likeness (QED) is 0.774. The second kappa shape index (κ2) is 3.96. The van der Waals surface area contributed by atoms with Crippen LogP contribution >= 0.6 is 59.1 Å². The maximum absolute atomic E-state index is 5.55. The van der Waals surface area contributed by atoms with Gasteiger partial charge in [0.05, 0.1) is 8.66 Å². The number of anilines is 1. The zero-order valence-electron chi connectivity index (χ0n) is 6.55. The van der Waals surface area contributed by atoms with Crippen LogP contribution in [0.5, 0.6) is 0 Å². The summed E-state index contributed by atoms with van der Waals surface area (Å²) in [6.45, 7) is 0. The summed E-state index contributed by atoms with van der Waals surface area (Å²) in [5, 5.41) is 3.66. The summed E-state index contributed by atoms with van der Waals surface area (Å²) >= 11 is 11.7. The number of hydrogen-bond donors (Lipinski definition) is 1. The lowest BCUT2D eigenvalue weighted by Crippen LogP contribution is -1.82. The van der Waals surface area contributed by atoms with Gasteiger partial charge in [0.25, 0.3) is 0 Å². The van der Waals surface area contributed by atoms with Crippen molar-refractivity contribution in [1.29, 1.82) is 0 Å². The fourth-order valence-electron chi connectivity index (χ4n) is 0.903. The molecule has 0 atom stereocenters. The van der Waals surface area contributed by atoms with Gasteiger partial charge in [0.15, 0.2) is 11.6 Å². The van der Waals surface area contributed by atoms with Crippen molar-refractivity contribution in [1.82, 2.24) is 5.16 Å². The molecule has 0 radical (unpaired) electrons. The maximum atomic E-state index is 5.55. The highest BCUT2D eigenvalue weighted by molar-refractivity contribution is 9.13. The van der Waals surface area contributed by atoms with Crippen LogP contribution in [0.25, 0.3) is 10.6 Å². The first-order valence-electron chi connectivity index (χ1n) is 3.45. The minimum absolute atomic E-state index is 0.362. The molecule has 2 rings (SSSR count). The molecule has 0 spiro atoms. The van der Waals surface area contributed by atoms with Gasteiger partial charge in [-0.1, -0.05) is 5.16 Å². The Hall–Kier alpha value is 0.150. The Morgan fingerprint density at radius 2 is 2.07 bits per heavy atom. The van der Waals surface area contributed by atoms with E-state index in [4.69, 9.17) is 10.3 Å². The lowest BCUT2D eigenvalue weighted by Gasteiger charge is -1.88. The lowest BCUT2D eigenvalue weighted by atomic mass is 10.4. The summed E-state index contributed by atoms with van der Waals surface area (Å²) in [5.74, 6) is 1.01. The van der Waals surface area contributed by atoms with Crippen molar-refractivity contribution in [3.05, 3.63) is 18.8 Å². The Morgan fingerprint density at radius 1 is 1.36 bits per heavy atom. The van der Waals surface area contributed by atoms with E-state index in [1.165, 1.54) is 0 Å². The zero-order chi connectivity index (χ0) is 10.3. The summed E-state index contributed by atoms with van der Waals surface area (Å²) < 4.78 is 7.78. The second-order valence-corrected chi connectivity index (χ2v) is 6.46. The third-order valence-electron chi connectivity index (χ3n) is 1.53. The van der Waals surface area contributed by atoms with Crippen LogP contribution < -0.4 is 5.73 Å². The van der Waals surface area contributed by atoms with Gasteiger partial charge in [-0.2, -0.15) is 0 Å². The highest BCUT2D eigenvalue weighted by Gasteiger charge is 2.16. The van der Waals surface area contributed by atoms with Gasteiger partial charge >= 0.3 is 0 Å². The molecule has 0 amide bonds. The number of nitrogens with zero attached hydrogens (tertiary/aromatic N) is 1. The molecule has 0 aliphatic heterocycles. The molecular weight excluding hydrogens is 400 g/mol. The summed E-state index contributed by atoms with van der Waals surface area (Å²) in [6.07, 6.45) is 0. The van der Waals surface area contributed by atoms with Crippen molar-refractivity contribution in [2.24, 2.45) is 0 Å². The standard InChI is InChI=1S/C7H3Br3N2OS/c8-2-1-3(14-6(2)10)5-4(9)7(11)12-13-5/h1H,(H2,11,12). The number of hydrogen-bond acceptors (Lipinski definition) is 4. The van der Waals surface area contributed by atoms with Gasteiger partial charge in [-0.25, -0.2) is 0 Å². The Kier molecular flexibility index (Phi) is 3.01. The molecule has 0 aliphatic rings. The van der Waals surface area contributed by atoms with Crippen molar-refractivity contribution < 1.29 is 4.52 Å². The summed E-state index contributed by atoms with van der Waals surface area (Å²) in [6, 6.07) is 1.94. The highest BCUT2D eigenvalue weighted by Crippen LogP contribution is 2.42. The van der Waals surface area contributed by atoms with Crippen LogP contribution in [0, 0.1) is 0 Å². The van der Waals surface area contributed by atoms with E-state index < -0.39 is 0 Å². The van der Waals surface area contributed by atoms with Gasteiger partial charge in [0.2, 0.25) is 0 Å². The number of nitrogens with two attached hydrogens (primary N) is 1. The average molecular weight is 403 g/mol. The SMILES string of the molecule is Nc1noc(-c2cc(Br)c(Br)s2)c1Br. The fourth-order valence-corrected chi connectivity index (χ4v) is 3.41. The number of rotatable bonds is 1. The molecule has 74 valence electrons. The van der Waals surface area contributed by atoms with Crippen molar-refractivity contribution >= 4 is 64.9 Å². The first kappa shape index (κ1) is 10.7. The molecule has 0 aliphatic carbocycles. The number of thiophene rings is 1. The molecule has 14 heavy (non-hydrogen) atoms. The molecule has 2 heterocycles. The van der Waals surface area contributed by atoms with Crippen LogP contribution in [-0.2, 0) is 0 Å². The predicted octanol–water partition coefficient (Wildman–Crippen LogP) is 4.27. The maximum Gasteiger partial charge on any atom is 0.193 e. The zero-order valence-corrected chi connectivity index (χ0v) is 12.1. The Morgan fingerprint density at radius 3 is 2.50 bits per heavy atom. The first-order chi connectivity index (χ1) is 6.59. The molecule has 2 N–H and O–H groups in total. The molecule has 0 saturated carbocycles. The van der Waals surface area contributed by atoms with Crippen LogP contribution in [0.1, 0.15) is 0 Å². The molecule has 0 aromatic carbocycles. The first-order valence-corrected chi connectivity index (χ1v) is 6.65. The van der Waals surface area contributed by atoms with E-state index in [-0.39, 0.29) is 0 Å². The molecule has 0 fully saturated rings. The molecule has 0 saturated heterocycles. The van der Waals surface area contributed by atoms with Crippen LogP contribution in [0.15, 0.2) is 23.3 Å². The van der Waals surface area contributed by atoms with Gasteiger partial charge in [0.1, 0.15) is 4.47 Å². The van der Waals surface area contributed by atoms with Gasteiger partial charge < -0.3 is 10.3 Å². The molecule has 7 heteroatoms. The Bertz CT molecular complexity index is 460. The van der Waals surface area contributed by atoms with Crippen molar-refractivity contribution in [3.63, 3.8) is 0 Å². The molecular formula is C7H3Br3N2OS. The van der Waals surface area contributed by atoms with Crippen molar-refractivity contribution in [2.45, 2.75) is 0 Å². The topological polar surface area (TPSA) is 52.0 Å². The largest absolute Gasteiger partial charge is 0.380 e. The molecule has 0 bridgehead atoms. The minimum atomic E-state index is 0.362. The van der Waals surface area contributed by atoms with E-state index in [0.717, 1.165) is 13.1 Å². The predicted molar refractivity (Wildman–Crippen MR) is 67.3 cm³/mol. The molecule has 2 aromatic rings. The van der Waals surface area contributed by atoms with Crippen molar-refractivity contribution in [3.8, 4) is 10.6 Å². The van der Waals surface area contributed by atoms with Gasteiger partial charge in [0, 0.05) is 4.47 Å². The highest BCUT2D eigenvalue weighted by atomic mass is 79.9. The van der Waals surface area contributed by atoms with E-state index in [2.05, 4.69) is 52.9 Å². The summed E-state index contributed by atoms with van der Waals surface area (Å²) in [5.41, 5.74) is 5.55. The molecule has 3 nitrogen and oxygen atoms in total. The second-order valence-electron chi connectivity index (χ2n) is 2.44. The van der Waals surface area contributed by atoms with Crippen molar-refractivity contribution in [2.75, 3.05) is 5.73 Å². The normalized spacial score (nSPS) is 10.8. The van der Waals surface area contributed by atoms with E-state index in [1.807, 2.05) is 6.07 Å². The van der Waals surface area contributed by atoms with Crippen LogP contribution in [0.4, 0.5) is 5.82 Å². The van der Waals surface area contributed by atoms with Crippen LogP contribution in [-0.4, -0.2) is 5.16 Å². The summed E-state index contributed by atoms with van der Waals surface area (Å²) in [4.78, 5) is 0.958. The number of nitrogen functional groups attached to an aromatic ring is 1. The number of aromatic nitrogens is 1. The fraction of sp³-hybridized carbons (Fsp3) is 0. The monoisotopic (exact) mass is 400 g/mol. The smallest absolute Gasteiger partial charge is 0.193 e. The lowest BCUT2D eigenvalue weighted by molar-refractivity contribution is 0.436. The Labute approximate surface area is 109 Å². The molecule has 2 aromatic heterocycles. The number of halogens is 3. The average Bonchev–Trinajstić information content (AvgIpc) is 2.61. The van der Waals surface area contributed by atoms with E-state index in [0.29, 0.717) is 16.1 Å². The van der Waals surface area contributed by atoms with E-state index >= 15 is 0 Å². The minimum Gasteiger partial charge on any atom is -0.380 e. The third kappa shape index (κ3) is 1.78.